The van der Waals surface area contributed by atoms with Crippen LogP contribution in [-0.2, 0) is 0 Å². The standard InChI is InChI=1S/C12H9N5O2/c1-14-11-3-2-10(17(18)19)12(16-11)9-4-8(5-13)6-15-7-9/h2-4,6-7H,1H3,(H,14,16). The molecule has 0 aliphatic heterocycles. The second-order valence-corrected chi connectivity index (χ2v) is 3.65. The largest absolute Gasteiger partial charge is 0.373 e. The van der Waals surface area contributed by atoms with E-state index in [1.54, 1.807) is 7.05 Å². The zero-order valence-electron chi connectivity index (χ0n) is 9.99. The molecule has 19 heavy (non-hydrogen) atoms. The van der Waals surface area contributed by atoms with Gasteiger partial charge >= 0.3 is 0 Å². The molecule has 7 heteroatoms. The van der Waals surface area contributed by atoms with Gasteiger partial charge in [0.1, 0.15) is 11.9 Å². The number of hydrogen-bond donors (Lipinski definition) is 1. The fourth-order valence-electron chi connectivity index (χ4n) is 1.58. The molecule has 0 atom stereocenters. The minimum atomic E-state index is -0.513. The van der Waals surface area contributed by atoms with Gasteiger partial charge in [-0.15, -0.1) is 0 Å². The van der Waals surface area contributed by atoms with Gasteiger partial charge in [-0.05, 0) is 12.1 Å². The summed E-state index contributed by atoms with van der Waals surface area (Å²) in [4.78, 5) is 18.5. The van der Waals surface area contributed by atoms with E-state index in [1.165, 1.54) is 30.6 Å². The summed E-state index contributed by atoms with van der Waals surface area (Å²) in [5, 5.41) is 22.7. The Labute approximate surface area is 108 Å². The number of anilines is 1. The second kappa shape index (κ2) is 5.10. The highest BCUT2D eigenvalue weighted by atomic mass is 16.6. The van der Waals surface area contributed by atoms with Gasteiger partial charge < -0.3 is 5.32 Å². The van der Waals surface area contributed by atoms with Crippen LogP contribution in [0.5, 0.6) is 0 Å². The highest BCUT2D eigenvalue weighted by Gasteiger charge is 2.18. The van der Waals surface area contributed by atoms with Gasteiger partial charge in [0, 0.05) is 31.1 Å². The topological polar surface area (TPSA) is 105 Å². The Hall–Kier alpha value is -3.01. The lowest BCUT2D eigenvalue weighted by Crippen LogP contribution is -1.99. The van der Waals surface area contributed by atoms with Crippen LogP contribution in [0.15, 0.2) is 30.6 Å². The third-order valence-electron chi connectivity index (χ3n) is 2.47. The van der Waals surface area contributed by atoms with Gasteiger partial charge in [0.2, 0.25) is 0 Å². The maximum Gasteiger partial charge on any atom is 0.295 e. The summed E-state index contributed by atoms with van der Waals surface area (Å²) >= 11 is 0. The van der Waals surface area contributed by atoms with Gasteiger partial charge in [0.05, 0.1) is 10.5 Å². The van der Waals surface area contributed by atoms with Crippen molar-refractivity contribution < 1.29 is 4.92 Å². The Morgan fingerprint density at radius 3 is 2.84 bits per heavy atom. The minimum Gasteiger partial charge on any atom is -0.373 e. The fourth-order valence-corrected chi connectivity index (χ4v) is 1.58. The Kier molecular flexibility index (Phi) is 3.34. The molecule has 0 amide bonds. The summed E-state index contributed by atoms with van der Waals surface area (Å²) < 4.78 is 0. The minimum absolute atomic E-state index is 0.129. The number of nitro groups is 1. The van der Waals surface area contributed by atoms with E-state index in [0.717, 1.165) is 0 Å². The maximum absolute atomic E-state index is 11.0. The van der Waals surface area contributed by atoms with Crippen LogP contribution < -0.4 is 5.32 Å². The number of nitrogens with one attached hydrogen (secondary N) is 1. The second-order valence-electron chi connectivity index (χ2n) is 3.65. The van der Waals surface area contributed by atoms with Gasteiger partial charge in [-0.25, -0.2) is 4.98 Å². The van der Waals surface area contributed by atoms with Crippen molar-refractivity contribution in [1.82, 2.24) is 9.97 Å². The van der Waals surface area contributed by atoms with Gasteiger partial charge in [-0.3, -0.25) is 15.1 Å². The van der Waals surface area contributed by atoms with E-state index in [4.69, 9.17) is 5.26 Å². The fraction of sp³-hybridized carbons (Fsp3) is 0.0833. The predicted molar refractivity (Wildman–Crippen MR) is 68.4 cm³/mol. The molecule has 2 aromatic rings. The summed E-state index contributed by atoms with van der Waals surface area (Å²) in [6.07, 6.45) is 2.83. The summed E-state index contributed by atoms with van der Waals surface area (Å²) in [7, 11) is 1.67. The van der Waals surface area contributed by atoms with Crippen LogP contribution in [0.4, 0.5) is 11.5 Å². The zero-order chi connectivity index (χ0) is 13.8. The SMILES string of the molecule is CNc1ccc([N+](=O)[O-])c(-c2cncc(C#N)c2)n1. The van der Waals surface area contributed by atoms with E-state index in [0.29, 0.717) is 16.9 Å². The summed E-state index contributed by atoms with van der Waals surface area (Å²) in [6, 6.07) is 6.34. The molecule has 2 aromatic heterocycles. The molecule has 0 saturated carbocycles. The average Bonchev–Trinajstić information content (AvgIpc) is 2.46. The molecule has 2 heterocycles. The Bertz CT molecular complexity index is 678. The predicted octanol–water partition coefficient (Wildman–Crippen LogP) is 1.97. The zero-order valence-corrected chi connectivity index (χ0v) is 9.99. The van der Waals surface area contributed by atoms with E-state index in [-0.39, 0.29) is 11.4 Å². The molecule has 0 aromatic carbocycles. The molecule has 0 aliphatic rings. The monoisotopic (exact) mass is 255 g/mol. The van der Waals surface area contributed by atoms with Gasteiger partial charge in [-0.1, -0.05) is 0 Å². The smallest absolute Gasteiger partial charge is 0.295 e. The normalized spacial score (nSPS) is 9.68. The quantitative estimate of drug-likeness (QED) is 0.664. The van der Waals surface area contributed by atoms with Crippen LogP contribution in [0.2, 0.25) is 0 Å². The molecule has 94 valence electrons. The molecular formula is C12H9N5O2. The van der Waals surface area contributed by atoms with Gasteiger partial charge in [0.15, 0.2) is 5.69 Å². The molecule has 0 unspecified atom stereocenters. The first-order valence-electron chi connectivity index (χ1n) is 5.34. The van der Waals surface area contributed by atoms with E-state index in [9.17, 15) is 10.1 Å². The van der Waals surface area contributed by atoms with E-state index in [1.807, 2.05) is 6.07 Å². The number of hydrogen-bond acceptors (Lipinski definition) is 6. The van der Waals surface area contributed by atoms with Crippen molar-refractivity contribution in [1.29, 1.82) is 5.26 Å². The first-order valence-corrected chi connectivity index (χ1v) is 5.34. The number of rotatable bonds is 3. The summed E-state index contributed by atoms with van der Waals surface area (Å²) in [5.41, 5.74) is 0.809. The van der Waals surface area contributed by atoms with Crippen molar-refractivity contribution in [3.63, 3.8) is 0 Å². The summed E-state index contributed by atoms with van der Waals surface area (Å²) in [5.74, 6) is 0.503. The van der Waals surface area contributed by atoms with Crippen molar-refractivity contribution in [2.24, 2.45) is 0 Å². The molecule has 0 radical (unpaired) electrons. The molecule has 0 spiro atoms. The van der Waals surface area contributed by atoms with Gasteiger partial charge in [0.25, 0.3) is 5.69 Å². The van der Waals surface area contributed by atoms with Crippen molar-refractivity contribution in [2.45, 2.75) is 0 Å². The molecule has 1 N–H and O–H groups in total. The van der Waals surface area contributed by atoms with Crippen molar-refractivity contribution >= 4 is 11.5 Å². The highest BCUT2D eigenvalue weighted by molar-refractivity contribution is 5.71. The Morgan fingerprint density at radius 2 is 2.21 bits per heavy atom. The van der Waals surface area contributed by atoms with Crippen LogP contribution >= 0.6 is 0 Å². The van der Waals surface area contributed by atoms with Crippen LogP contribution in [0, 0.1) is 21.4 Å². The van der Waals surface area contributed by atoms with Crippen LogP contribution in [0.1, 0.15) is 5.56 Å². The third-order valence-corrected chi connectivity index (χ3v) is 2.47. The molecular weight excluding hydrogens is 246 g/mol. The molecule has 0 aliphatic carbocycles. The van der Waals surface area contributed by atoms with Gasteiger partial charge in [-0.2, -0.15) is 5.26 Å². The average molecular weight is 255 g/mol. The van der Waals surface area contributed by atoms with Crippen LogP contribution in [0.25, 0.3) is 11.3 Å². The van der Waals surface area contributed by atoms with Crippen molar-refractivity contribution in [2.75, 3.05) is 12.4 Å². The highest BCUT2D eigenvalue weighted by Crippen LogP contribution is 2.29. The van der Waals surface area contributed by atoms with E-state index >= 15 is 0 Å². The molecule has 0 saturated heterocycles. The van der Waals surface area contributed by atoms with Crippen molar-refractivity contribution in [3.8, 4) is 17.3 Å². The number of aromatic nitrogens is 2. The molecule has 7 nitrogen and oxygen atoms in total. The number of pyridine rings is 2. The maximum atomic E-state index is 11.0. The third kappa shape index (κ3) is 2.47. The molecule has 0 bridgehead atoms. The number of nitrogens with zero attached hydrogens (tertiary/aromatic N) is 4. The number of nitriles is 1. The lowest BCUT2D eigenvalue weighted by Gasteiger charge is -2.05. The van der Waals surface area contributed by atoms with E-state index < -0.39 is 4.92 Å². The first-order chi connectivity index (χ1) is 9.15. The lowest BCUT2D eigenvalue weighted by atomic mass is 10.1. The Morgan fingerprint density at radius 1 is 1.42 bits per heavy atom. The first kappa shape index (κ1) is 12.4. The van der Waals surface area contributed by atoms with Crippen LogP contribution in [0.3, 0.4) is 0 Å². The van der Waals surface area contributed by atoms with Crippen molar-refractivity contribution in [3.05, 3.63) is 46.3 Å². The lowest BCUT2D eigenvalue weighted by molar-refractivity contribution is -0.384. The van der Waals surface area contributed by atoms with E-state index in [2.05, 4.69) is 15.3 Å². The Balaban J connectivity index is 2.64. The van der Waals surface area contributed by atoms with Crippen LogP contribution in [-0.4, -0.2) is 21.9 Å². The molecule has 0 fully saturated rings. The summed E-state index contributed by atoms with van der Waals surface area (Å²) in [6.45, 7) is 0. The molecule has 2 rings (SSSR count).